The molecule has 0 unspecified atom stereocenters. The lowest BCUT2D eigenvalue weighted by Gasteiger charge is -2.03. The average molecular weight is 383 g/mol. The molecule has 9 heteroatoms. The number of hydrogen-bond acceptors (Lipinski definition) is 6. The van der Waals surface area contributed by atoms with Crippen molar-refractivity contribution in [1.29, 1.82) is 0 Å². The van der Waals surface area contributed by atoms with Crippen LogP contribution in [0.4, 0.5) is 5.69 Å². The number of phenols is 1. The van der Waals surface area contributed by atoms with E-state index in [0.29, 0.717) is 17.0 Å². The number of aromatic amines is 1. The highest BCUT2D eigenvalue weighted by Gasteiger charge is 2.10. The zero-order chi connectivity index (χ0) is 19.4. The molecule has 4 N–H and O–H groups in total. The van der Waals surface area contributed by atoms with Gasteiger partial charge in [-0.05, 0) is 55.0 Å². The lowest BCUT2D eigenvalue weighted by molar-refractivity contribution is 0.373. The van der Waals surface area contributed by atoms with E-state index in [-0.39, 0.29) is 16.7 Å². The third-order valence-electron chi connectivity index (χ3n) is 3.73. The van der Waals surface area contributed by atoms with Crippen LogP contribution in [0, 0.1) is 6.92 Å². The number of aromatic nitrogens is 1. The van der Waals surface area contributed by atoms with Crippen molar-refractivity contribution >= 4 is 40.1 Å². The first-order valence-corrected chi connectivity index (χ1v) is 8.32. The molecule has 0 bridgehead atoms. The average Bonchev–Trinajstić information content (AvgIpc) is 2.94. The van der Waals surface area contributed by atoms with Crippen LogP contribution in [-0.4, -0.2) is 33.6 Å². The van der Waals surface area contributed by atoms with E-state index in [1.807, 2.05) is 25.1 Å². The standard InChI is InChI=1S/C18H17N5O3S/c1-10-3-5-13-12(7-10)16(17(25)20-13)21-23-18(27)22-19-9-11-4-6-15(26-2)14(24)8-11/h3-9,20,24-25H,1-2H3,(H,22,27)/b19-9+,23-21?. The van der Waals surface area contributed by atoms with Gasteiger partial charge in [-0.15, -0.1) is 10.2 Å². The molecule has 0 radical (unpaired) electrons. The fourth-order valence-electron chi connectivity index (χ4n) is 2.45. The highest BCUT2D eigenvalue weighted by atomic mass is 32.1. The first-order valence-electron chi connectivity index (χ1n) is 7.91. The monoisotopic (exact) mass is 383 g/mol. The van der Waals surface area contributed by atoms with Crippen LogP contribution >= 0.6 is 12.2 Å². The van der Waals surface area contributed by atoms with Gasteiger partial charge in [-0.2, -0.15) is 5.10 Å². The molecule has 0 spiro atoms. The number of hydrazone groups is 1. The molecular weight excluding hydrogens is 366 g/mol. The van der Waals surface area contributed by atoms with Crippen molar-refractivity contribution in [2.45, 2.75) is 6.92 Å². The molecule has 1 heterocycles. The number of H-pyrrole nitrogens is 1. The van der Waals surface area contributed by atoms with Gasteiger partial charge in [-0.25, -0.2) is 0 Å². The van der Waals surface area contributed by atoms with Crippen LogP contribution in [0.25, 0.3) is 10.9 Å². The van der Waals surface area contributed by atoms with Crippen molar-refractivity contribution in [3.63, 3.8) is 0 Å². The van der Waals surface area contributed by atoms with Gasteiger partial charge in [0, 0.05) is 5.39 Å². The van der Waals surface area contributed by atoms with Crippen LogP contribution < -0.4 is 10.2 Å². The Morgan fingerprint density at radius 1 is 1.22 bits per heavy atom. The maximum absolute atomic E-state index is 10.00. The van der Waals surface area contributed by atoms with Crippen LogP contribution in [0.3, 0.4) is 0 Å². The molecule has 27 heavy (non-hydrogen) atoms. The number of benzene rings is 2. The molecule has 0 saturated heterocycles. The van der Waals surface area contributed by atoms with E-state index >= 15 is 0 Å². The summed E-state index contributed by atoms with van der Waals surface area (Å²) in [6.07, 6.45) is 1.47. The number of aromatic hydroxyl groups is 2. The van der Waals surface area contributed by atoms with Crippen molar-refractivity contribution in [2.75, 3.05) is 7.11 Å². The topological polar surface area (TPSA) is 115 Å². The van der Waals surface area contributed by atoms with Gasteiger partial charge < -0.3 is 19.9 Å². The quantitative estimate of drug-likeness (QED) is 0.236. The van der Waals surface area contributed by atoms with E-state index < -0.39 is 0 Å². The van der Waals surface area contributed by atoms with Crippen LogP contribution in [0.2, 0.25) is 0 Å². The van der Waals surface area contributed by atoms with Crippen molar-refractivity contribution < 1.29 is 14.9 Å². The van der Waals surface area contributed by atoms with Crippen molar-refractivity contribution in [2.24, 2.45) is 15.3 Å². The Morgan fingerprint density at radius 2 is 2.04 bits per heavy atom. The van der Waals surface area contributed by atoms with Crippen LogP contribution in [0.5, 0.6) is 17.4 Å². The number of azo groups is 1. The maximum atomic E-state index is 10.00. The predicted molar refractivity (Wildman–Crippen MR) is 107 cm³/mol. The fraction of sp³-hybridized carbons (Fsp3) is 0.111. The Bertz CT molecular complexity index is 1060. The summed E-state index contributed by atoms with van der Waals surface area (Å²) in [5.41, 5.74) is 5.29. The summed E-state index contributed by atoms with van der Waals surface area (Å²) in [6, 6.07) is 10.5. The molecule has 3 aromatic rings. The molecular formula is C18H17N5O3S. The van der Waals surface area contributed by atoms with Gasteiger partial charge in [0.2, 0.25) is 11.0 Å². The van der Waals surface area contributed by atoms with Gasteiger partial charge in [0.05, 0.1) is 18.8 Å². The normalized spacial score (nSPS) is 11.5. The third kappa shape index (κ3) is 4.21. The van der Waals surface area contributed by atoms with Crippen molar-refractivity contribution in [3.8, 4) is 17.4 Å². The van der Waals surface area contributed by atoms with E-state index in [9.17, 15) is 10.2 Å². The second-order valence-electron chi connectivity index (χ2n) is 5.68. The van der Waals surface area contributed by atoms with Gasteiger partial charge in [0.1, 0.15) is 0 Å². The Kier molecular flexibility index (Phi) is 5.32. The third-order valence-corrected chi connectivity index (χ3v) is 3.90. The largest absolute Gasteiger partial charge is 0.504 e. The summed E-state index contributed by atoms with van der Waals surface area (Å²) in [6.45, 7) is 1.95. The molecule has 3 rings (SSSR count). The number of fused-ring (bicyclic) bond motifs is 1. The van der Waals surface area contributed by atoms with Gasteiger partial charge in [0.15, 0.2) is 17.2 Å². The first kappa shape index (κ1) is 18.3. The van der Waals surface area contributed by atoms with Gasteiger partial charge >= 0.3 is 0 Å². The number of phenolic OH excluding ortho intramolecular Hbond substituents is 1. The number of aryl methyl sites for hydroxylation is 1. The van der Waals surface area contributed by atoms with Crippen molar-refractivity contribution in [3.05, 3.63) is 47.5 Å². The number of methoxy groups -OCH3 is 1. The Morgan fingerprint density at radius 3 is 2.78 bits per heavy atom. The summed E-state index contributed by atoms with van der Waals surface area (Å²) in [5.74, 6) is 0.298. The second kappa shape index (κ2) is 7.83. The molecule has 0 saturated carbocycles. The van der Waals surface area contributed by atoms with E-state index in [2.05, 4.69) is 25.7 Å². The number of nitrogens with zero attached hydrogens (tertiary/aromatic N) is 3. The number of ether oxygens (including phenoxy) is 1. The zero-order valence-corrected chi connectivity index (χ0v) is 15.4. The molecule has 0 fully saturated rings. The smallest absolute Gasteiger partial charge is 0.234 e. The first-order chi connectivity index (χ1) is 13.0. The lowest BCUT2D eigenvalue weighted by atomic mass is 10.2. The van der Waals surface area contributed by atoms with Crippen LogP contribution in [0.15, 0.2) is 51.7 Å². The highest BCUT2D eigenvalue weighted by Crippen LogP contribution is 2.35. The van der Waals surface area contributed by atoms with Crippen LogP contribution in [-0.2, 0) is 0 Å². The maximum Gasteiger partial charge on any atom is 0.234 e. The molecule has 0 aliphatic heterocycles. The minimum atomic E-state index is -0.0839. The minimum Gasteiger partial charge on any atom is -0.504 e. The summed E-state index contributed by atoms with van der Waals surface area (Å²) in [5, 5.41) is 32.3. The van der Waals surface area contributed by atoms with Gasteiger partial charge in [-0.1, -0.05) is 11.6 Å². The fourth-order valence-corrected chi connectivity index (χ4v) is 2.54. The van der Waals surface area contributed by atoms with E-state index in [4.69, 9.17) is 17.0 Å². The number of thiocarbonyl (C=S) groups is 1. The van der Waals surface area contributed by atoms with Crippen molar-refractivity contribution in [1.82, 2.24) is 10.4 Å². The molecule has 0 atom stereocenters. The highest BCUT2D eigenvalue weighted by molar-refractivity contribution is 7.80. The summed E-state index contributed by atoms with van der Waals surface area (Å²) >= 11 is 5.05. The molecule has 2 aromatic carbocycles. The second-order valence-corrected chi connectivity index (χ2v) is 6.06. The summed E-state index contributed by atoms with van der Waals surface area (Å²) < 4.78 is 4.98. The summed E-state index contributed by atoms with van der Waals surface area (Å²) in [7, 11) is 1.47. The number of rotatable bonds is 4. The van der Waals surface area contributed by atoms with Crippen LogP contribution in [0.1, 0.15) is 11.1 Å². The summed E-state index contributed by atoms with van der Waals surface area (Å²) in [4.78, 5) is 2.83. The lowest BCUT2D eigenvalue weighted by Crippen LogP contribution is -2.11. The number of nitrogens with one attached hydrogen (secondary N) is 2. The Balaban J connectivity index is 1.68. The minimum absolute atomic E-state index is 0.00817. The van der Waals surface area contributed by atoms with Gasteiger partial charge in [0.25, 0.3) is 0 Å². The molecule has 0 amide bonds. The number of hydrogen-bond donors (Lipinski definition) is 4. The Hall–Kier alpha value is -3.46. The predicted octanol–water partition coefficient (Wildman–Crippen LogP) is 3.89. The molecule has 0 aliphatic rings. The zero-order valence-electron chi connectivity index (χ0n) is 14.6. The molecule has 8 nitrogen and oxygen atoms in total. The molecule has 138 valence electrons. The molecule has 1 aromatic heterocycles. The van der Waals surface area contributed by atoms with E-state index in [0.717, 1.165) is 16.5 Å². The van der Waals surface area contributed by atoms with Gasteiger partial charge in [-0.3, -0.25) is 5.43 Å². The molecule has 0 aliphatic carbocycles. The van der Waals surface area contributed by atoms with E-state index in [1.54, 1.807) is 12.1 Å². The van der Waals surface area contributed by atoms with E-state index in [1.165, 1.54) is 19.4 Å². The SMILES string of the molecule is COc1ccc(/C=N/NC(=S)N=Nc2c(O)[nH]c3ccc(C)cc23)cc1O. The Labute approximate surface area is 160 Å².